The third-order valence-corrected chi connectivity index (χ3v) is 6.92. The average Bonchev–Trinajstić information content (AvgIpc) is 2.81. The SMILES string of the molecule is CCN(CC)C(CNC(=O)CCNS(=O)(=O)c1ccc(C(C)=O)cc1)c1cccc(OC)c1. The van der Waals surface area contributed by atoms with Gasteiger partial charge in [-0.3, -0.25) is 14.5 Å². The monoisotopic (exact) mass is 475 g/mol. The molecule has 2 N–H and O–H groups in total. The van der Waals surface area contributed by atoms with Crippen molar-refractivity contribution in [2.75, 3.05) is 33.3 Å². The highest BCUT2D eigenvalue weighted by atomic mass is 32.2. The van der Waals surface area contributed by atoms with Gasteiger partial charge in [-0.1, -0.05) is 38.1 Å². The Morgan fingerprint density at radius 1 is 1.06 bits per heavy atom. The highest BCUT2D eigenvalue weighted by Crippen LogP contribution is 2.23. The third kappa shape index (κ3) is 7.66. The summed E-state index contributed by atoms with van der Waals surface area (Å²) in [7, 11) is -2.15. The van der Waals surface area contributed by atoms with Crippen molar-refractivity contribution < 1.29 is 22.7 Å². The first-order valence-corrected chi connectivity index (χ1v) is 12.5. The number of sulfonamides is 1. The van der Waals surface area contributed by atoms with Crippen molar-refractivity contribution in [2.45, 2.75) is 38.1 Å². The van der Waals surface area contributed by atoms with Gasteiger partial charge in [0.2, 0.25) is 15.9 Å². The van der Waals surface area contributed by atoms with E-state index in [1.54, 1.807) is 7.11 Å². The van der Waals surface area contributed by atoms with E-state index in [9.17, 15) is 18.0 Å². The summed E-state index contributed by atoms with van der Waals surface area (Å²) in [6.45, 7) is 7.55. The van der Waals surface area contributed by atoms with Crippen molar-refractivity contribution in [3.8, 4) is 5.75 Å². The number of methoxy groups -OCH3 is 1. The molecule has 0 saturated carbocycles. The summed E-state index contributed by atoms with van der Waals surface area (Å²) in [6.07, 6.45) is 0.00778. The standard InChI is InChI=1S/C24H33N3O5S/c1-5-27(6-2)23(20-8-7-9-21(16-20)32-4)17-25-24(29)14-15-26-33(30,31)22-12-10-19(11-13-22)18(3)28/h7-13,16,23,26H,5-6,14-15,17H2,1-4H3,(H,25,29). The fourth-order valence-corrected chi connectivity index (χ4v) is 4.55. The van der Waals surface area contributed by atoms with Crippen molar-refractivity contribution in [3.63, 3.8) is 0 Å². The summed E-state index contributed by atoms with van der Waals surface area (Å²) in [5, 5.41) is 2.92. The predicted molar refractivity (Wildman–Crippen MR) is 128 cm³/mol. The minimum absolute atomic E-state index is 0.00778. The van der Waals surface area contributed by atoms with Crippen LogP contribution in [-0.4, -0.2) is 58.3 Å². The number of Topliss-reactive ketones (excluding diaryl/α,β-unsaturated/α-hetero) is 1. The fourth-order valence-electron chi connectivity index (χ4n) is 3.52. The molecule has 180 valence electrons. The van der Waals surface area contributed by atoms with E-state index in [1.807, 2.05) is 24.3 Å². The van der Waals surface area contributed by atoms with E-state index < -0.39 is 10.0 Å². The number of amides is 1. The smallest absolute Gasteiger partial charge is 0.240 e. The first-order chi connectivity index (χ1) is 15.7. The van der Waals surface area contributed by atoms with Gasteiger partial charge in [-0.05, 0) is 49.8 Å². The van der Waals surface area contributed by atoms with Crippen LogP contribution < -0.4 is 14.8 Å². The maximum absolute atomic E-state index is 12.4. The fraction of sp³-hybridized carbons (Fsp3) is 0.417. The highest BCUT2D eigenvalue weighted by molar-refractivity contribution is 7.89. The molecule has 0 heterocycles. The number of likely N-dealkylation sites (N-methyl/N-ethyl adjacent to an activating group) is 1. The zero-order chi connectivity index (χ0) is 24.4. The first-order valence-electron chi connectivity index (χ1n) is 11.0. The Morgan fingerprint density at radius 3 is 2.30 bits per heavy atom. The molecule has 2 aromatic carbocycles. The summed E-state index contributed by atoms with van der Waals surface area (Å²) in [6, 6.07) is 13.4. The second kappa shape index (κ2) is 12.5. The molecule has 1 atom stereocenters. The van der Waals surface area contributed by atoms with Gasteiger partial charge in [-0.25, -0.2) is 13.1 Å². The van der Waals surface area contributed by atoms with Crippen molar-refractivity contribution >= 4 is 21.7 Å². The van der Waals surface area contributed by atoms with E-state index in [2.05, 4.69) is 28.8 Å². The number of rotatable bonds is 13. The highest BCUT2D eigenvalue weighted by Gasteiger charge is 2.20. The van der Waals surface area contributed by atoms with Crippen LogP contribution in [-0.2, 0) is 14.8 Å². The zero-order valence-corrected chi connectivity index (χ0v) is 20.4. The lowest BCUT2D eigenvalue weighted by atomic mass is 10.0. The van der Waals surface area contributed by atoms with Gasteiger partial charge in [-0.2, -0.15) is 0 Å². The molecule has 0 aliphatic carbocycles. The average molecular weight is 476 g/mol. The molecule has 9 heteroatoms. The van der Waals surface area contributed by atoms with Crippen LogP contribution in [0.15, 0.2) is 53.4 Å². The van der Waals surface area contributed by atoms with Crippen LogP contribution in [0.25, 0.3) is 0 Å². The Hall–Kier alpha value is -2.75. The zero-order valence-electron chi connectivity index (χ0n) is 19.6. The minimum atomic E-state index is -3.77. The molecule has 0 spiro atoms. The Labute approximate surface area is 196 Å². The van der Waals surface area contributed by atoms with Gasteiger partial charge in [0, 0.05) is 25.1 Å². The van der Waals surface area contributed by atoms with Crippen molar-refractivity contribution in [2.24, 2.45) is 0 Å². The second-order valence-electron chi connectivity index (χ2n) is 7.55. The summed E-state index contributed by atoms with van der Waals surface area (Å²) < 4.78 is 32.6. The van der Waals surface area contributed by atoms with Crippen molar-refractivity contribution in [1.29, 1.82) is 0 Å². The molecule has 0 aromatic heterocycles. The van der Waals surface area contributed by atoms with Crippen LogP contribution in [0, 0.1) is 0 Å². The normalized spacial score (nSPS) is 12.4. The van der Waals surface area contributed by atoms with Crippen LogP contribution in [0.2, 0.25) is 0 Å². The first kappa shape index (κ1) is 26.5. The van der Waals surface area contributed by atoms with Gasteiger partial charge in [-0.15, -0.1) is 0 Å². The number of nitrogens with one attached hydrogen (secondary N) is 2. The van der Waals surface area contributed by atoms with Crippen LogP contribution in [0.4, 0.5) is 0 Å². The van der Waals surface area contributed by atoms with Crippen LogP contribution in [0.5, 0.6) is 5.75 Å². The number of carbonyl (C=O) groups is 2. The number of ether oxygens (including phenoxy) is 1. The maximum Gasteiger partial charge on any atom is 0.240 e. The topological polar surface area (TPSA) is 105 Å². The molecular formula is C24H33N3O5S. The number of hydrogen-bond acceptors (Lipinski definition) is 6. The molecule has 2 rings (SSSR count). The van der Waals surface area contributed by atoms with Gasteiger partial charge >= 0.3 is 0 Å². The molecule has 0 saturated heterocycles. The lowest BCUT2D eigenvalue weighted by molar-refractivity contribution is -0.121. The van der Waals surface area contributed by atoms with E-state index in [0.717, 1.165) is 24.4 Å². The molecule has 0 bridgehead atoms. The molecule has 1 unspecified atom stereocenters. The molecule has 0 aliphatic heterocycles. The van der Waals surface area contributed by atoms with Gasteiger partial charge in [0.05, 0.1) is 18.0 Å². The Morgan fingerprint density at radius 2 is 1.73 bits per heavy atom. The molecule has 0 fully saturated rings. The van der Waals surface area contributed by atoms with Gasteiger partial charge in [0.25, 0.3) is 0 Å². The largest absolute Gasteiger partial charge is 0.497 e. The van der Waals surface area contributed by atoms with Crippen molar-refractivity contribution in [3.05, 3.63) is 59.7 Å². The van der Waals surface area contributed by atoms with Crippen LogP contribution >= 0.6 is 0 Å². The lowest BCUT2D eigenvalue weighted by Crippen LogP contribution is -2.39. The number of hydrogen-bond donors (Lipinski definition) is 2. The molecule has 8 nitrogen and oxygen atoms in total. The summed E-state index contributed by atoms with van der Waals surface area (Å²) >= 11 is 0. The molecule has 0 aliphatic rings. The lowest BCUT2D eigenvalue weighted by Gasteiger charge is -2.30. The summed E-state index contributed by atoms with van der Waals surface area (Å²) in [4.78, 5) is 26.1. The minimum Gasteiger partial charge on any atom is -0.497 e. The molecule has 33 heavy (non-hydrogen) atoms. The van der Waals surface area contributed by atoms with E-state index in [4.69, 9.17) is 4.74 Å². The van der Waals surface area contributed by atoms with E-state index in [0.29, 0.717) is 12.1 Å². The molecule has 0 radical (unpaired) electrons. The molecule has 2 aromatic rings. The van der Waals surface area contributed by atoms with Gasteiger partial charge in [0.15, 0.2) is 5.78 Å². The van der Waals surface area contributed by atoms with Crippen LogP contribution in [0.1, 0.15) is 49.2 Å². The number of carbonyl (C=O) groups excluding carboxylic acids is 2. The predicted octanol–water partition coefficient (Wildman–Crippen LogP) is 2.77. The van der Waals surface area contributed by atoms with Gasteiger partial charge < -0.3 is 10.1 Å². The quantitative estimate of drug-likeness (QED) is 0.432. The van der Waals surface area contributed by atoms with Crippen molar-refractivity contribution in [1.82, 2.24) is 14.9 Å². The number of ketones is 1. The number of nitrogens with zero attached hydrogens (tertiary/aromatic N) is 1. The third-order valence-electron chi connectivity index (χ3n) is 5.44. The molecule has 1 amide bonds. The maximum atomic E-state index is 12.4. The van der Waals surface area contributed by atoms with Crippen LogP contribution in [0.3, 0.4) is 0 Å². The van der Waals surface area contributed by atoms with E-state index in [-0.39, 0.29) is 35.6 Å². The Balaban J connectivity index is 1.94. The molecular weight excluding hydrogens is 442 g/mol. The summed E-state index contributed by atoms with van der Waals surface area (Å²) in [5.74, 6) is 0.368. The van der Waals surface area contributed by atoms with Gasteiger partial charge in [0.1, 0.15) is 5.75 Å². The number of benzene rings is 2. The summed E-state index contributed by atoms with van der Waals surface area (Å²) in [5.41, 5.74) is 1.47. The van der Waals surface area contributed by atoms with E-state index in [1.165, 1.54) is 31.2 Å². The Bertz CT molecular complexity index is 1030. The Kier molecular flexibility index (Phi) is 10.0. The van der Waals surface area contributed by atoms with E-state index >= 15 is 0 Å². The second-order valence-corrected chi connectivity index (χ2v) is 9.31.